The van der Waals surface area contributed by atoms with E-state index in [-0.39, 0.29) is 12.5 Å². The maximum atomic E-state index is 12.6. The molecule has 3 rings (SSSR count). The van der Waals surface area contributed by atoms with Gasteiger partial charge in [-0.1, -0.05) is 18.2 Å². The van der Waals surface area contributed by atoms with Crippen LogP contribution >= 0.6 is 0 Å². The standard InChI is InChI=1S/C19H21N3O/c1-13-10-17-18(11-14(13)2)22(15(3)20-17)12-19(23)21(4)16-8-6-5-7-9-16/h5-11H,12H2,1-4H3. The third-order valence-electron chi connectivity index (χ3n) is 4.37. The van der Waals surface area contributed by atoms with Crippen LogP contribution < -0.4 is 4.90 Å². The fourth-order valence-electron chi connectivity index (χ4n) is 2.74. The predicted molar refractivity (Wildman–Crippen MR) is 93.8 cm³/mol. The van der Waals surface area contributed by atoms with E-state index in [2.05, 4.69) is 31.0 Å². The van der Waals surface area contributed by atoms with E-state index in [4.69, 9.17) is 0 Å². The van der Waals surface area contributed by atoms with Gasteiger partial charge in [0.05, 0.1) is 11.0 Å². The van der Waals surface area contributed by atoms with Crippen molar-refractivity contribution in [3.8, 4) is 0 Å². The number of likely N-dealkylation sites (N-methyl/N-ethyl adjacent to an activating group) is 1. The number of nitrogens with zero attached hydrogens (tertiary/aromatic N) is 3. The van der Waals surface area contributed by atoms with Crippen molar-refractivity contribution in [2.24, 2.45) is 0 Å². The van der Waals surface area contributed by atoms with Gasteiger partial charge in [0, 0.05) is 12.7 Å². The molecule has 23 heavy (non-hydrogen) atoms. The third kappa shape index (κ3) is 2.84. The SMILES string of the molecule is Cc1cc2nc(C)n(CC(=O)N(C)c3ccccc3)c2cc1C. The molecule has 1 heterocycles. The Bertz CT molecular complexity index is 865. The molecule has 118 valence electrons. The average molecular weight is 307 g/mol. The lowest BCUT2D eigenvalue weighted by Crippen LogP contribution is -2.30. The van der Waals surface area contributed by atoms with E-state index in [0.717, 1.165) is 22.5 Å². The van der Waals surface area contributed by atoms with Crippen molar-refractivity contribution in [3.63, 3.8) is 0 Å². The Morgan fingerprint density at radius 3 is 2.43 bits per heavy atom. The third-order valence-corrected chi connectivity index (χ3v) is 4.37. The number of hydrogen-bond acceptors (Lipinski definition) is 2. The second kappa shape index (κ2) is 5.88. The largest absolute Gasteiger partial charge is 0.319 e. The Morgan fingerprint density at radius 1 is 1.09 bits per heavy atom. The van der Waals surface area contributed by atoms with Gasteiger partial charge in [-0.3, -0.25) is 4.79 Å². The molecule has 0 N–H and O–H groups in total. The number of hydrogen-bond donors (Lipinski definition) is 0. The highest BCUT2D eigenvalue weighted by Crippen LogP contribution is 2.21. The van der Waals surface area contributed by atoms with E-state index in [1.54, 1.807) is 4.90 Å². The zero-order chi connectivity index (χ0) is 16.6. The molecule has 1 aromatic heterocycles. The molecular formula is C19H21N3O. The highest BCUT2D eigenvalue weighted by molar-refractivity contribution is 5.93. The molecular weight excluding hydrogens is 286 g/mol. The molecule has 2 aromatic carbocycles. The number of fused-ring (bicyclic) bond motifs is 1. The highest BCUT2D eigenvalue weighted by Gasteiger charge is 2.15. The van der Waals surface area contributed by atoms with Crippen LogP contribution in [0.15, 0.2) is 42.5 Å². The van der Waals surface area contributed by atoms with Gasteiger partial charge in [0.25, 0.3) is 0 Å². The van der Waals surface area contributed by atoms with Crippen molar-refractivity contribution >= 4 is 22.6 Å². The normalized spacial score (nSPS) is 11.0. The molecule has 0 spiro atoms. The molecule has 0 bridgehead atoms. The Balaban J connectivity index is 1.93. The van der Waals surface area contributed by atoms with E-state index in [1.807, 2.05) is 48.9 Å². The summed E-state index contributed by atoms with van der Waals surface area (Å²) in [7, 11) is 1.81. The highest BCUT2D eigenvalue weighted by atomic mass is 16.2. The van der Waals surface area contributed by atoms with Gasteiger partial charge in [0.15, 0.2) is 0 Å². The van der Waals surface area contributed by atoms with Gasteiger partial charge < -0.3 is 9.47 Å². The lowest BCUT2D eigenvalue weighted by atomic mass is 10.1. The van der Waals surface area contributed by atoms with Crippen LogP contribution in [-0.4, -0.2) is 22.5 Å². The Morgan fingerprint density at radius 2 is 1.74 bits per heavy atom. The van der Waals surface area contributed by atoms with Gasteiger partial charge in [0.1, 0.15) is 12.4 Å². The summed E-state index contributed by atoms with van der Waals surface area (Å²) in [5.41, 5.74) is 5.28. The summed E-state index contributed by atoms with van der Waals surface area (Å²) in [6.45, 7) is 6.40. The van der Waals surface area contributed by atoms with Crippen molar-refractivity contribution in [3.05, 3.63) is 59.4 Å². The van der Waals surface area contributed by atoms with Gasteiger partial charge in [-0.2, -0.15) is 0 Å². The molecule has 0 atom stereocenters. The number of para-hydroxylation sites is 1. The van der Waals surface area contributed by atoms with E-state index >= 15 is 0 Å². The van der Waals surface area contributed by atoms with Crippen LogP contribution in [0.3, 0.4) is 0 Å². The molecule has 1 amide bonds. The summed E-state index contributed by atoms with van der Waals surface area (Å²) >= 11 is 0. The number of amides is 1. The Hall–Kier alpha value is -2.62. The summed E-state index contributed by atoms with van der Waals surface area (Å²) in [4.78, 5) is 18.9. The molecule has 0 aliphatic heterocycles. The second-order valence-corrected chi connectivity index (χ2v) is 5.96. The molecule has 4 heteroatoms. The van der Waals surface area contributed by atoms with Gasteiger partial charge >= 0.3 is 0 Å². The fourth-order valence-corrected chi connectivity index (χ4v) is 2.74. The van der Waals surface area contributed by atoms with E-state index in [1.165, 1.54) is 11.1 Å². The fraction of sp³-hybridized carbons (Fsp3) is 0.263. The molecule has 0 radical (unpaired) electrons. The number of imidazole rings is 1. The molecule has 4 nitrogen and oxygen atoms in total. The Kier molecular flexibility index (Phi) is 3.90. The minimum atomic E-state index is 0.0387. The minimum Gasteiger partial charge on any atom is -0.319 e. The summed E-state index contributed by atoms with van der Waals surface area (Å²) < 4.78 is 1.99. The number of anilines is 1. The summed E-state index contributed by atoms with van der Waals surface area (Å²) in [5, 5.41) is 0. The number of benzene rings is 2. The van der Waals surface area contributed by atoms with Crippen LogP contribution in [-0.2, 0) is 11.3 Å². The van der Waals surface area contributed by atoms with Gasteiger partial charge in [-0.05, 0) is 56.2 Å². The first kappa shape index (κ1) is 15.3. The van der Waals surface area contributed by atoms with Gasteiger partial charge in [-0.15, -0.1) is 0 Å². The van der Waals surface area contributed by atoms with Crippen LogP contribution in [0, 0.1) is 20.8 Å². The van der Waals surface area contributed by atoms with Gasteiger partial charge in [-0.25, -0.2) is 4.98 Å². The van der Waals surface area contributed by atoms with Gasteiger partial charge in [0.2, 0.25) is 5.91 Å². The molecule has 0 unspecified atom stereocenters. The van der Waals surface area contributed by atoms with E-state index in [0.29, 0.717) is 0 Å². The van der Waals surface area contributed by atoms with Crippen LogP contribution in [0.4, 0.5) is 5.69 Å². The van der Waals surface area contributed by atoms with Crippen LogP contribution in [0.2, 0.25) is 0 Å². The molecule has 0 fully saturated rings. The predicted octanol–water partition coefficient (Wildman–Crippen LogP) is 3.62. The average Bonchev–Trinajstić information content (AvgIpc) is 2.83. The molecule has 3 aromatic rings. The van der Waals surface area contributed by atoms with Crippen LogP contribution in [0.25, 0.3) is 11.0 Å². The molecule has 0 aliphatic rings. The quantitative estimate of drug-likeness (QED) is 0.741. The first-order valence-electron chi connectivity index (χ1n) is 7.73. The lowest BCUT2D eigenvalue weighted by Gasteiger charge is -2.18. The van der Waals surface area contributed by atoms with E-state index < -0.39 is 0 Å². The smallest absolute Gasteiger partial charge is 0.246 e. The topological polar surface area (TPSA) is 38.1 Å². The lowest BCUT2D eigenvalue weighted by molar-refractivity contribution is -0.118. The van der Waals surface area contributed by atoms with E-state index in [9.17, 15) is 4.79 Å². The molecule has 0 saturated heterocycles. The van der Waals surface area contributed by atoms with Crippen molar-refractivity contribution in [1.82, 2.24) is 9.55 Å². The molecule has 0 saturated carbocycles. The number of rotatable bonds is 3. The number of aromatic nitrogens is 2. The number of aryl methyl sites for hydroxylation is 3. The zero-order valence-corrected chi connectivity index (χ0v) is 14.0. The van der Waals surface area contributed by atoms with Crippen LogP contribution in [0.1, 0.15) is 17.0 Å². The number of carbonyl (C=O) groups excluding carboxylic acids is 1. The minimum absolute atomic E-state index is 0.0387. The van der Waals surface area contributed by atoms with Crippen molar-refractivity contribution in [1.29, 1.82) is 0 Å². The maximum absolute atomic E-state index is 12.6. The maximum Gasteiger partial charge on any atom is 0.246 e. The zero-order valence-electron chi connectivity index (χ0n) is 14.0. The summed E-state index contributed by atoms with van der Waals surface area (Å²) in [6, 6.07) is 13.9. The second-order valence-electron chi connectivity index (χ2n) is 5.96. The Labute approximate surface area is 136 Å². The van der Waals surface area contributed by atoms with Crippen molar-refractivity contribution in [2.75, 3.05) is 11.9 Å². The summed E-state index contributed by atoms with van der Waals surface area (Å²) in [6.07, 6.45) is 0. The van der Waals surface area contributed by atoms with Crippen LogP contribution in [0.5, 0.6) is 0 Å². The first-order chi connectivity index (χ1) is 11.0. The molecule has 0 aliphatic carbocycles. The number of carbonyl (C=O) groups is 1. The summed E-state index contributed by atoms with van der Waals surface area (Å²) in [5.74, 6) is 0.900. The first-order valence-corrected chi connectivity index (χ1v) is 7.73. The van der Waals surface area contributed by atoms with Crippen molar-refractivity contribution < 1.29 is 4.79 Å². The van der Waals surface area contributed by atoms with Crippen molar-refractivity contribution in [2.45, 2.75) is 27.3 Å². The monoisotopic (exact) mass is 307 g/mol.